The van der Waals surface area contributed by atoms with Crippen molar-refractivity contribution in [3.05, 3.63) is 28.2 Å². The van der Waals surface area contributed by atoms with Crippen LogP contribution in [0.3, 0.4) is 0 Å². The lowest BCUT2D eigenvalue weighted by atomic mass is 9.97. The van der Waals surface area contributed by atoms with E-state index in [0.29, 0.717) is 51.1 Å². The second-order valence-electron chi connectivity index (χ2n) is 6.76. The Kier molecular flexibility index (Phi) is 8.16. The molecule has 2 N–H and O–H groups in total. The first-order chi connectivity index (χ1) is 14.6. The maximum absolute atomic E-state index is 12.4. The first kappa shape index (κ1) is 24.2. The fourth-order valence-electron chi connectivity index (χ4n) is 2.87. The van der Waals surface area contributed by atoms with E-state index in [9.17, 15) is 18.0 Å². The van der Waals surface area contributed by atoms with E-state index in [2.05, 4.69) is 20.8 Å². The largest absolute Gasteiger partial charge is 0.325 e. The number of hydrogen-bond donors (Lipinski definition) is 2. The average molecular weight is 524 g/mol. The summed E-state index contributed by atoms with van der Waals surface area (Å²) in [5.41, 5.74) is 0.534. The Morgan fingerprint density at radius 3 is 2.55 bits per heavy atom. The molecule has 0 unspecified atom stereocenters. The molecule has 2 aromatic rings. The van der Waals surface area contributed by atoms with E-state index in [0.717, 1.165) is 0 Å². The molecule has 1 saturated heterocycles. The smallest absolute Gasteiger partial charge is 0.234 e. The summed E-state index contributed by atoms with van der Waals surface area (Å²) in [6.45, 7) is 0.643. The van der Waals surface area contributed by atoms with Crippen LogP contribution >= 0.6 is 46.3 Å². The van der Waals surface area contributed by atoms with Gasteiger partial charge < -0.3 is 10.6 Å². The molecule has 0 atom stereocenters. The molecule has 0 bridgehead atoms. The normalized spacial score (nSPS) is 15.6. The molecule has 1 aromatic heterocycles. The Morgan fingerprint density at radius 1 is 1.19 bits per heavy atom. The summed E-state index contributed by atoms with van der Waals surface area (Å²) in [6, 6.07) is 4.80. The van der Waals surface area contributed by atoms with Gasteiger partial charge in [-0.2, -0.15) is 0 Å². The van der Waals surface area contributed by atoms with Crippen molar-refractivity contribution in [2.75, 3.05) is 35.7 Å². The lowest BCUT2D eigenvalue weighted by Gasteiger charge is -2.29. The van der Waals surface area contributed by atoms with Gasteiger partial charge in [-0.3, -0.25) is 9.59 Å². The molecular formula is C17H19Cl2N5O4S3. The van der Waals surface area contributed by atoms with Crippen molar-refractivity contribution >= 4 is 79.0 Å². The van der Waals surface area contributed by atoms with Crippen LogP contribution in [-0.4, -0.2) is 59.8 Å². The fourth-order valence-corrected chi connectivity index (χ4v) is 5.60. The average Bonchev–Trinajstić information content (AvgIpc) is 3.16. The van der Waals surface area contributed by atoms with Gasteiger partial charge in [-0.05, 0) is 31.0 Å². The van der Waals surface area contributed by atoms with Crippen LogP contribution < -0.4 is 10.6 Å². The van der Waals surface area contributed by atoms with E-state index in [1.165, 1.54) is 33.7 Å². The maximum Gasteiger partial charge on any atom is 0.234 e. The molecule has 0 radical (unpaired) electrons. The molecule has 9 nitrogen and oxygen atoms in total. The van der Waals surface area contributed by atoms with Gasteiger partial charge in [0.2, 0.25) is 27.0 Å². The zero-order valence-corrected chi connectivity index (χ0v) is 20.3. The Morgan fingerprint density at radius 2 is 1.90 bits per heavy atom. The van der Waals surface area contributed by atoms with Gasteiger partial charge in [0.1, 0.15) is 0 Å². The summed E-state index contributed by atoms with van der Waals surface area (Å²) in [7, 11) is -3.23. The number of benzene rings is 1. The van der Waals surface area contributed by atoms with E-state index >= 15 is 0 Å². The minimum atomic E-state index is -3.23. The number of thioether (sulfide) groups is 1. The Bertz CT molecular complexity index is 1070. The van der Waals surface area contributed by atoms with Crippen LogP contribution in [0, 0.1) is 5.92 Å². The first-order valence-electron chi connectivity index (χ1n) is 9.09. The molecule has 0 aliphatic carbocycles. The number of rotatable bonds is 7. The van der Waals surface area contributed by atoms with Gasteiger partial charge in [-0.25, -0.2) is 12.7 Å². The zero-order chi connectivity index (χ0) is 22.6. The van der Waals surface area contributed by atoms with Gasteiger partial charge in [0.25, 0.3) is 0 Å². The lowest BCUT2D eigenvalue weighted by molar-refractivity contribution is -0.121. The predicted molar refractivity (Wildman–Crippen MR) is 123 cm³/mol. The van der Waals surface area contributed by atoms with E-state index in [4.69, 9.17) is 23.2 Å². The predicted octanol–water partition coefficient (Wildman–Crippen LogP) is 3.19. The van der Waals surface area contributed by atoms with E-state index in [-0.39, 0.29) is 23.5 Å². The molecule has 2 heterocycles. The highest BCUT2D eigenvalue weighted by Crippen LogP contribution is 2.28. The van der Waals surface area contributed by atoms with Crippen LogP contribution in [-0.2, 0) is 19.6 Å². The molecule has 31 heavy (non-hydrogen) atoms. The quantitative estimate of drug-likeness (QED) is 0.422. The van der Waals surface area contributed by atoms with Crippen molar-refractivity contribution in [3.63, 3.8) is 0 Å². The molecule has 14 heteroatoms. The molecule has 1 fully saturated rings. The molecule has 2 amide bonds. The van der Waals surface area contributed by atoms with E-state index in [1.807, 2.05) is 0 Å². The highest BCUT2D eigenvalue weighted by Gasteiger charge is 2.29. The zero-order valence-electron chi connectivity index (χ0n) is 16.3. The van der Waals surface area contributed by atoms with Crippen molar-refractivity contribution in [2.45, 2.75) is 17.2 Å². The summed E-state index contributed by atoms with van der Waals surface area (Å²) in [5.74, 6) is -0.637. The van der Waals surface area contributed by atoms with Crippen molar-refractivity contribution in [1.29, 1.82) is 0 Å². The summed E-state index contributed by atoms with van der Waals surface area (Å²) >= 11 is 14.1. The van der Waals surface area contributed by atoms with Crippen LogP contribution in [0.1, 0.15) is 12.8 Å². The van der Waals surface area contributed by atoms with E-state index in [1.54, 1.807) is 18.2 Å². The van der Waals surface area contributed by atoms with Crippen molar-refractivity contribution in [3.8, 4) is 0 Å². The minimum absolute atomic E-state index is 0.104. The standard InChI is InChI=1S/C17H19Cl2N5O4S3/c1-31(27,28)24-6-4-10(5-7-24)15(26)21-16-22-23-17(30-16)29-9-14(25)20-11-2-3-12(18)13(19)8-11/h2-3,8,10H,4-7,9H2,1H3,(H,20,25)(H,21,22,26). The number of hydrogen-bond acceptors (Lipinski definition) is 8. The summed E-state index contributed by atoms with van der Waals surface area (Å²) in [4.78, 5) is 24.5. The van der Waals surface area contributed by atoms with Crippen LogP contribution in [0.15, 0.2) is 22.5 Å². The van der Waals surface area contributed by atoms with Crippen LogP contribution in [0.5, 0.6) is 0 Å². The monoisotopic (exact) mass is 523 g/mol. The number of carbonyl (C=O) groups is 2. The van der Waals surface area contributed by atoms with E-state index < -0.39 is 10.0 Å². The number of halogens is 2. The summed E-state index contributed by atoms with van der Waals surface area (Å²) < 4.78 is 25.0. The molecule has 1 aliphatic heterocycles. The Hall–Kier alpha value is -1.44. The van der Waals surface area contributed by atoms with Gasteiger partial charge in [0.05, 0.1) is 22.1 Å². The number of nitrogens with zero attached hydrogens (tertiary/aromatic N) is 3. The topological polar surface area (TPSA) is 121 Å². The number of sulfonamides is 1. The number of amides is 2. The lowest BCUT2D eigenvalue weighted by Crippen LogP contribution is -2.40. The fraction of sp³-hybridized carbons (Fsp3) is 0.412. The van der Waals surface area contributed by atoms with Gasteiger partial charge in [0, 0.05) is 24.7 Å². The van der Waals surface area contributed by atoms with Crippen molar-refractivity contribution < 1.29 is 18.0 Å². The third kappa shape index (κ3) is 7.02. The highest BCUT2D eigenvalue weighted by atomic mass is 35.5. The number of aromatic nitrogens is 2. The molecule has 3 rings (SSSR count). The van der Waals surface area contributed by atoms with Crippen LogP contribution in [0.2, 0.25) is 10.0 Å². The maximum atomic E-state index is 12.4. The van der Waals surface area contributed by atoms with Gasteiger partial charge in [-0.1, -0.05) is 46.3 Å². The van der Waals surface area contributed by atoms with Gasteiger partial charge in [0.15, 0.2) is 4.34 Å². The minimum Gasteiger partial charge on any atom is -0.325 e. The highest BCUT2D eigenvalue weighted by molar-refractivity contribution is 8.01. The van der Waals surface area contributed by atoms with Gasteiger partial charge in [-0.15, -0.1) is 10.2 Å². The Labute approximate surface area is 197 Å². The van der Waals surface area contributed by atoms with Crippen LogP contribution in [0.4, 0.5) is 10.8 Å². The molecule has 0 saturated carbocycles. The molecule has 1 aromatic carbocycles. The number of nitrogens with one attached hydrogen (secondary N) is 2. The second kappa shape index (κ2) is 10.5. The van der Waals surface area contributed by atoms with Gasteiger partial charge >= 0.3 is 0 Å². The third-order valence-corrected chi connectivity index (χ3v) is 8.47. The second-order valence-corrected chi connectivity index (χ2v) is 11.8. The van der Waals surface area contributed by atoms with Crippen molar-refractivity contribution in [2.24, 2.45) is 5.92 Å². The summed E-state index contributed by atoms with van der Waals surface area (Å²) in [5, 5.41) is 14.4. The molecule has 168 valence electrons. The third-order valence-electron chi connectivity index (χ3n) is 4.46. The van der Waals surface area contributed by atoms with Crippen LogP contribution in [0.25, 0.3) is 0 Å². The SMILES string of the molecule is CS(=O)(=O)N1CCC(C(=O)Nc2nnc(SCC(=O)Nc3ccc(Cl)c(Cl)c3)s2)CC1. The summed E-state index contributed by atoms with van der Waals surface area (Å²) in [6.07, 6.45) is 2.07. The first-order valence-corrected chi connectivity index (χ1v) is 13.5. The number of piperidine rings is 1. The number of carbonyl (C=O) groups excluding carboxylic acids is 2. The molecular weight excluding hydrogens is 505 g/mol. The molecule has 1 aliphatic rings. The molecule has 0 spiro atoms. The van der Waals surface area contributed by atoms with Crippen molar-refractivity contribution in [1.82, 2.24) is 14.5 Å². The Balaban J connectivity index is 1.45. The number of anilines is 2.